The molecule has 1 N–H and O–H groups in total. The van der Waals surface area contributed by atoms with E-state index in [0.717, 1.165) is 30.0 Å². The average Bonchev–Trinajstić information content (AvgIpc) is 3.34. The number of hydrogen-bond donors (Lipinski definition) is 1. The standard InChI is InChI=1S/C21H22N4OS/c1-2-16-14-24-19(27-16)9-12-23-20-17(7-5-11-22-20)21(26)25-13-10-15-6-3-4-8-18(15)25/h3-8,11,14H,2,9-10,12-13H2,1H3,(H,22,23). The molecule has 4 rings (SSSR count). The quantitative estimate of drug-likeness (QED) is 0.705. The summed E-state index contributed by atoms with van der Waals surface area (Å²) in [5.41, 5.74) is 2.84. The van der Waals surface area contributed by atoms with Crippen LogP contribution in [0.5, 0.6) is 0 Å². The lowest BCUT2D eigenvalue weighted by atomic mass is 10.1. The summed E-state index contributed by atoms with van der Waals surface area (Å²) < 4.78 is 0. The van der Waals surface area contributed by atoms with Gasteiger partial charge in [-0.1, -0.05) is 25.1 Å². The lowest BCUT2D eigenvalue weighted by Gasteiger charge is -2.19. The molecule has 1 aliphatic heterocycles. The van der Waals surface area contributed by atoms with Crippen LogP contribution in [-0.4, -0.2) is 29.0 Å². The topological polar surface area (TPSA) is 58.1 Å². The second-order valence-corrected chi connectivity index (χ2v) is 7.69. The number of para-hydroxylation sites is 1. The molecule has 1 aliphatic rings. The minimum atomic E-state index is -0.00179. The highest BCUT2D eigenvalue weighted by atomic mass is 32.1. The van der Waals surface area contributed by atoms with Crippen molar-refractivity contribution in [3.8, 4) is 0 Å². The van der Waals surface area contributed by atoms with Gasteiger partial charge in [0, 0.05) is 42.5 Å². The number of carbonyl (C=O) groups is 1. The summed E-state index contributed by atoms with van der Waals surface area (Å²) in [7, 11) is 0. The molecule has 0 bridgehead atoms. The Morgan fingerprint density at radius 1 is 1.22 bits per heavy atom. The fraction of sp³-hybridized carbons (Fsp3) is 0.286. The van der Waals surface area contributed by atoms with Gasteiger partial charge in [0.05, 0.1) is 10.6 Å². The van der Waals surface area contributed by atoms with Gasteiger partial charge in [-0.05, 0) is 36.6 Å². The number of nitrogens with zero attached hydrogens (tertiary/aromatic N) is 3. The third-order valence-electron chi connectivity index (χ3n) is 4.75. The van der Waals surface area contributed by atoms with Crippen LogP contribution in [-0.2, 0) is 19.3 Å². The monoisotopic (exact) mass is 378 g/mol. The number of anilines is 2. The van der Waals surface area contributed by atoms with Crippen molar-refractivity contribution >= 4 is 28.7 Å². The zero-order valence-electron chi connectivity index (χ0n) is 15.3. The summed E-state index contributed by atoms with van der Waals surface area (Å²) in [6.45, 7) is 3.55. The minimum Gasteiger partial charge on any atom is -0.369 e. The fourth-order valence-electron chi connectivity index (χ4n) is 3.33. The second kappa shape index (κ2) is 7.88. The Morgan fingerprint density at radius 2 is 2.11 bits per heavy atom. The average molecular weight is 379 g/mol. The van der Waals surface area contributed by atoms with Crippen molar-refractivity contribution in [3.63, 3.8) is 0 Å². The maximum absolute atomic E-state index is 13.1. The summed E-state index contributed by atoms with van der Waals surface area (Å²) in [6, 6.07) is 11.8. The SMILES string of the molecule is CCc1cnc(CCNc2ncccc2C(=O)N2CCc3ccccc32)s1. The smallest absolute Gasteiger partial charge is 0.262 e. The normalized spacial score (nSPS) is 12.9. The van der Waals surface area contributed by atoms with Crippen molar-refractivity contribution in [1.82, 2.24) is 9.97 Å². The number of rotatable bonds is 6. The Kier molecular flexibility index (Phi) is 5.16. The van der Waals surface area contributed by atoms with Gasteiger partial charge in [0.1, 0.15) is 5.82 Å². The predicted octanol–water partition coefficient (Wildman–Crippen LogP) is 3.96. The molecule has 0 saturated carbocycles. The molecule has 1 amide bonds. The molecule has 0 saturated heterocycles. The molecular weight excluding hydrogens is 356 g/mol. The van der Waals surface area contributed by atoms with Crippen LogP contribution < -0.4 is 10.2 Å². The van der Waals surface area contributed by atoms with Crippen molar-refractivity contribution in [1.29, 1.82) is 0 Å². The highest BCUT2D eigenvalue weighted by molar-refractivity contribution is 7.11. The van der Waals surface area contributed by atoms with Crippen LogP contribution in [0.2, 0.25) is 0 Å². The number of aromatic nitrogens is 2. The van der Waals surface area contributed by atoms with Crippen LogP contribution in [0.25, 0.3) is 0 Å². The van der Waals surface area contributed by atoms with E-state index in [4.69, 9.17) is 0 Å². The first-order chi connectivity index (χ1) is 13.3. The first-order valence-corrected chi connectivity index (χ1v) is 10.1. The number of thiazole rings is 1. The Hall–Kier alpha value is -2.73. The van der Waals surface area contributed by atoms with E-state index in [1.54, 1.807) is 17.5 Å². The molecule has 0 fully saturated rings. The Balaban J connectivity index is 1.47. The van der Waals surface area contributed by atoms with Gasteiger partial charge in [-0.2, -0.15) is 0 Å². The van der Waals surface area contributed by atoms with Gasteiger partial charge in [-0.25, -0.2) is 9.97 Å². The van der Waals surface area contributed by atoms with Gasteiger partial charge in [0.15, 0.2) is 0 Å². The Morgan fingerprint density at radius 3 is 2.96 bits per heavy atom. The molecule has 0 radical (unpaired) electrons. The number of fused-ring (bicyclic) bond motifs is 1. The van der Waals surface area contributed by atoms with Crippen LogP contribution in [0.1, 0.15) is 32.7 Å². The molecule has 27 heavy (non-hydrogen) atoms. The zero-order valence-corrected chi connectivity index (χ0v) is 16.1. The maximum Gasteiger partial charge on any atom is 0.262 e. The molecule has 0 aliphatic carbocycles. The third kappa shape index (κ3) is 3.71. The van der Waals surface area contributed by atoms with Crippen molar-refractivity contribution in [2.24, 2.45) is 0 Å². The van der Waals surface area contributed by atoms with Crippen LogP contribution in [0.15, 0.2) is 48.8 Å². The predicted molar refractivity (Wildman–Crippen MR) is 110 cm³/mol. The molecule has 1 aromatic carbocycles. The van der Waals surface area contributed by atoms with Gasteiger partial charge in [0.2, 0.25) is 0 Å². The van der Waals surface area contributed by atoms with E-state index < -0.39 is 0 Å². The summed E-state index contributed by atoms with van der Waals surface area (Å²) >= 11 is 1.74. The maximum atomic E-state index is 13.1. The van der Waals surface area contributed by atoms with Gasteiger partial charge in [-0.3, -0.25) is 4.79 Å². The van der Waals surface area contributed by atoms with Crippen molar-refractivity contribution in [2.45, 2.75) is 26.2 Å². The van der Waals surface area contributed by atoms with Crippen molar-refractivity contribution in [2.75, 3.05) is 23.3 Å². The largest absolute Gasteiger partial charge is 0.369 e. The molecule has 2 aromatic heterocycles. The summed E-state index contributed by atoms with van der Waals surface area (Å²) in [6.07, 6.45) is 6.40. The zero-order chi connectivity index (χ0) is 18.6. The van der Waals surface area contributed by atoms with E-state index in [2.05, 4.69) is 28.3 Å². The molecule has 3 aromatic rings. The van der Waals surface area contributed by atoms with Crippen LogP contribution in [0.3, 0.4) is 0 Å². The van der Waals surface area contributed by atoms with E-state index in [-0.39, 0.29) is 5.91 Å². The number of aryl methyl sites for hydroxylation is 1. The van der Waals surface area contributed by atoms with E-state index in [1.807, 2.05) is 41.4 Å². The number of carbonyl (C=O) groups excluding carboxylic acids is 1. The lowest BCUT2D eigenvalue weighted by Crippen LogP contribution is -2.30. The number of nitrogens with one attached hydrogen (secondary N) is 1. The lowest BCUT2D eigenvalue weighted by molar-refractivity contribution is 0.0990. The van der Waals surface area contributed by atoms with Crippen molar-refractivity contribution < 1.29 is 4.79 Å². The van der Waals surface area contributed by atoms with Gasteiger partial charge in [-0.15, -0.1) is 11.3 Å². The fourth-order valence-corrected chi connectivity index (χ4v) is 4.19. The van der Waals surface area contributed by atoms with Crippen LogP contribution >= 0.6 is 11.3 Å². The number of pyridine rings is 1. The molecule has 0 atom stereocenters. The third-order valence-corrected chi connectivity index (χ3v) is 5.95. The summed E-state index contributed by atoms with van der Waals surface area (Å²) in [5, 5.41) is 4.43. The van der Waals surface area contributed by atoms with E-state index in [0.29, 0.717) is 24.5 Å². The van der Waals surface area contributed by atoms with Crippen LogP contribution in [0, 0.1) is 0 Å². The first-order valence-electron chi connectivity index (χ1n) is 9.28. The molecule has 5 nitrogen and oxygen atoms in total. The van der Waals surface area contributed by atoms with Gasteiger partial charge in [0.25, 0.3) is 5.91 Å². The minimum absolute atomic E-state index is 0.00179. The highest BCUT2D eigenvalue weighted by Gasteiger charge is 2.26. The molecule has 138 valence electrons. The Labute approximate surface area is 163 Å². The van der Waals surface area contributed by atoms with E-state index in [1.165, 1.54) is 10.4 Å². The molecule has 0 unspecified atom stereocenters. The number of amides is 1. The first kappa shape index (κ1) is 17.7. The van der Waals surface area contributed by atoms with Gasteiger partial charge >= 0.3 is 0 Å². The number of benzene rings is 1. The molecular formula is C21H22N4OS. The van der Waals surface area contributed by atoms with Gasteiger partial charge < -0.3 is 10.2 Å². The second-order valence-electron chi connectivity index (χ2n) is 6.49. The number of hydrogen-bond acceptors (Lipinski definition) is 5. The van der Waals surface area contributed by atoms with Crippen molar-refractivity contribution in [3.05, 3.63) is 69.8 Å². The molecule has 6 heteroatoms. The van der Waals surface area contributed by atoms with Crippen LogP contribution in [0.4, 0.5) is 11.5 Å². The van der Waals surface area contributed by atoms with E-state index >= 15 is 0 Å². The summed E-state index contributed by atoms with van der Waals surface area (Å²) in [5.74, 6) is 0.636. The summed E-state index contributed by atoms with van der Waals surface area (Å²) in [4.78, 5) is 25.1. The Bertz CT molecular complexity index is 953. The van der Waals surface area contributed by atoms with E-state index in [9.17, 15) is 4.79 Å². The molecule has 3 heterocycles. The molecule has 0 spiro atoms. The highest BCUT2D eigenvalue weighted by Crippen LogP contribution is 2.29.